The highest BCUT2D eigenvalue weighted by molar-refractivity contribution is 6.30. The number of hydrogen-bond acceptors (Lipinski definition) is 4. The van der Waals surface area contributed by atoms with Crippen molar-refractivity contribution < 1.29 is 14.7 Å². The fraction of sp³-hybridized carbons (Fsp3) is 0.600. The lowest BCUT2D eigenvalue weighted by Crippen LogP contribution is -2.51. The molecule has 0 aromatic heterocycles. The van der Waals surface area contributed by atoms with Gasteiger partial charge in [-0.3, -0.25) is 9.59 Å². The van der Waals surface area contributed by atoms with Gasteiger partial charge in [-0.1, -0.05) is 45.4 Å². The zero-order chi connectivity index (χ0) is 20.4. The lowest BCUT2D eigenvalue weighted by atomic mass is 9.88. The Morgan fingerprint density at radius 3 is 2.63 bits per heavy atom. The Kier molecular flexibility index (Phi) is 6.89. The van der Waals surface area contributed by atoms with E-state index in [4.69, 9.17) is 17.3 Å². The number of rotatable bonds is 5. The van der Waals surface area contributed by atoms with E-state index in [0.717, 1.165) is 11.1 Å². The average molecular weight is 396 g/mol. The van der Waals surface area contributed by atoms with Crippen LogP contribution in [-0.4, -0.2) is 40.5 Å². The summed E-state index contributed by atoms with van der Waals surface area (Å²) < 4.78 is 0. The van der Waals surface area contributed by atoms with Crippen LogP contribution in [-0.2, 0) is 22.7 Å². The first kappa shape index (κ1) is 21.7. The summed E-state index contributed by atoms with van der Waals surface area (Å²) in [5.41, 5.74) is 6.94. The molecule has 27 heavy (non-hydrogen) atoms. The third-order valence-corrected chi connectivity index (χ3v) is 5.23. The molecule has 2 amide bonds. The fourth-order valence-corrected chi connectivity index (χ4v) is 3.52. The van der Waals surface area contributed by atoms with E-state index >= 15 is 0 Å². The second-order valence-corrected chi connectivity index (χ2v) is 8.89. The number of nitrogens with zero attached hydrogens (tertiary/aromatic N) is 1. The number of amides is 2. The molecule has 1 aromatic rings. The Morgan fingerprint density at radius 1 is 1.37 bits per heavy atom. The third-order valence-electron chi connectivity index (χ3n) is 4.99. The van der Waals surface area contributed by atoms with Crippen LogP contribution < -0.4 is 11.1 Å². The number of nitrogens with two attached hydrogens (primary N) is 1. The van der Waals surface area contributed by atoms with Crippen LogP contribution in [0, 0.1) is 11.3 Å². The average Bonchev–Trinajstić information content (AvgIpc) is 2.99. The van der Waals surface area contributed by atoms with Crippen molar-refractivity contribution in [2.24, 2.45) is 17.1 Å². The molecule has 1 aliphatic heterocycles. The summed E-state index contributed by atoms with van der Waals surface area (Å²) in [5.74, 6) is -0.420. The fourth-order valence-electron chi connectivity index (χ4n) is 3.32. The van der Waals surface area contributed by atoms with Gasteiger partial charge in [-0.25, -0.2) is 0 Å². The molecule has 2 rings (SSSR count). The molecule has 7 heteroatoms. The first-order chi connectivity index (χ1) is 12.5. The van der Waals surface area contributed by atoms with Gasteiger partial charge in [0.25, 0.3) is 5.91 Å². The number of halogens is 1. The predicted molar refractivity (Wildman–Crippen MR) is 106 cm³/mol. The molecule has 150 valence electrons. The Hall–Kier alpha value is -1.63. The Bertz CT molecular complexity index is 702. The molecule has 0 aliphatic carbocycles. The van der Waals surface area contributed by atoms with E-state index in [1.54, 1.807) is 32.9 Å². The van der Waals surface area contributed by atoms with Crippen LogP contribution >= 0.6 is 11.6 Å². The van der Waals surface area contributed by atoms with Crippen molar-refractivity contribution in [1.29, 1.82) is 0 Å². The van der Waals surface area contributed by atoms with Crippen LogP contribution in [0.5, 0.6) is 0 Å². The van der Waals surface area contributed by atoms with Gasteiger partial charge in [-0.2, -0.15) is 0 Å². The number of hydrogen-bond donors (Lipinski definition) is 3. The van der Waals surface area contributed by atoms with Crippen LogP contribution in [0.15, 0.2) is 18.2 Å². The first-order valence-electron chi connectivity index (χ1n) is 9.28. The van der Waals surface area contributed by atoms with Gasteiger partial charge in [0.05, 0.1) is 0 Å². The zero-order valence-corrected chi connectivity index (χ0v) is 17.2. The highest BCUT2D eigenvalue weighted by Gasteiger charge is 2.42. The lowest BCUT2D eigenvalue weighted by Gasteiger charge is -2.31. The minimum absolute atomic E-state index is 0.197. The van der Waals surface area contributed by atoms with Gasteiger partial charge < -0.3 is 21.1 Å². The molecule has 0 unspecified atom stereocenters. The maximum atomic E-state index is 12.8. The van der Waals surface area contributed by atoms with E-state index < -0.39 is 23.5 Å². The van der Waals surface area contributed by atoms with Crippen LogP contribution in [0.25, 0.3) is 0 Å². The lowest BCUT2D eigenvalue weighted by molar-refractivity contribution is -0.150. The minimum Gasteiger partial charge on any atom is -0.383 e. The Labute approximate surface area is 166 Å². The maximum absolute atomic E-state index is 12.8. The molecule has 0 bridgehead atoms. The van der Waals surface area contributed by atoms with Gasteiger partial charge in [-0.15, -0.1) is 0 Å². The quantitative estimate of drug-likeness (QED) is 0.711. The molecule has 1 aliphatic rings. The summed E-state index contributed by atoms with van der Waals surface area (Å²) in [6, 6.07) is 4.82. The number of benzene rings is 1. The van der Waals surface area contributed by atoms with Gasteiger partial charge >= 0.3 is 0 Å². The van der Waals surface area contributed by atoms with E-state index in [-0.39, 0.29) is 11.8 Å². The molecular formula is C20H30ClN3O3. The van der Waals surface area contributed by atoms with Crippen molar-refractivity contribution in [3.8, 4) is 0 Å². The number of nitrogens with one attached hydrogen (secondary N) is 1. The number of carbonyl (C=O) groups excluding carboxylic acids is 2. The molecule has 1 heterocycles. The van der Waals surface area contributed by atoms with Crippen molar-refractivity contribution in [3.63, 3.8) is 0 Å². The van der Waals surface area contributed by atoms with Crippen molar-refractivity contribution in [3.05, 3.63) is 34.3 Å². The highest BCUT2D eigenvalue weighted by Crippen LogP contribution is 2.28. The molecule has 0 radical (unpaired) electrons. The molecule has 0 spiro atoms. The third kappa shape index (κ3) is 5.21. The van der Waals surface area contributed by atoms with Crippen LogP contribution in [0.1, 0.15) is 45.2 Å². The van der Waals surface area contributed by atoms with Gasteiger partial charge in [0.1, 0.15) is 12.1 Å². The van der Waals surface area contributed by atoms with Crippen LogP contribution in [0.3, 0.4) is 0 Å². The molecule has 4 N–H and O–H groups in total. The summed E-state index contributed by atoms with van der Waals surface area (Å²) in [6.07, 6.45) is -0.567. The number of aliphatic hydroxyl groups is 1. The molecule has 6 nitrogen and oxygen atoms in total. The largest absolute Gasteiger partial charge is 0.383 e. The van der Waals surface area contributed by atoms with Crippen molar-refractivity contribution >= 4 is 23.4 Å². The van der Waals surface area contributed by atoms with Gasteiger partial charge in [0, 0.05) is 24.7 Å². The standard InChI is InChI=1S/C20H30ClN3O3/c1-12-7-16(24(11-12)19(27)17(25)20(2,3)4)18(26)23-10-14-8-15(21)6-5-13(14)9-22/h5-6,8,12,16-17,25H,7,9-11,22H2,1-4H3,(H,23,26)/t12-,16+,17+/m1/s1. The number of aliphatic hydroxyl groups excluding tert-OH is 1. The second-order valence-electron chi connectivity index (χ2n) is 8.45. The van der Waals surface area contributed by atoms with Crippen molar-refractivity contribution in [1.82, 2.24) is 10.2 Å². The predicted octanol–water partition coefficient (Wildman–Crippen LogP) is 2.06. The summed E-state index contributed by atoms with van der Waals surface area (Å²) in [6.45, 7) is 8.52. The normalized spacial score (nSPS) is 21.2. The Balaban J connectivity index is 2.10. The highest BCUT2D eigenvalue weighted by atomic mass is 35.5. The molecule has 1 fully saturated rings. The molecule has 0 saturated carbocycles. The summed E-state index contributed by atoms with van der Waals surface area (Å²) in [4.78, 5) is 27.0. The van der Waals surface area contributed by atoms with E-state index in [1.165, 1.54) is 4.90 Å². The molecule has 1 aromatic carbocycles. The molecular weight excluding hydrogens is 366 g/mol. The van der Waals surface area contributed by atoms with Gasteiger partial charge in [-0.05, 0) is 41.0 Å². The smallest absolute Gasteiger partial charge is 0.252 e. The number of likely N-dealkylation sites (tertiary alicyclic amines) is 1. The van der Waals surface area contributed by atoms with Crippen molar-refractivity contribution in [2.75, 3.05) is 6.54 Å². The number of carbonyl (C=O) groups is 2. The van der Waals surface area contributed by atoms with Crippen LogP contribution in [0.2, 0.25) is 5.02 Å². The van der Waals surface area contributed by atoms with Crippen LogP contribution in [0.4, 0.5) is 0 Å². The summed E-state index contributed by atoms with van der Waals surface area (Å²) in [5, 5.41) is 13.8. The van der Waals surface area contributed by atoms with E-state index in [0.29, 0.717) is 31.1 Å². The van der Waals surface area contributed by atoms with Crippen molar-refractivity contribution in [2.45, 2.75) is 59.4 Å². The summed E-state index contributed by atoms with van der Waals surface area (Å²) in [7, 11) is 0. The van der Waals surface area contributed by atoms with Gasteiger partial charge in [0.2, 0.25) is 5.91 Å². The second kappa shape index (κ2) is 8.59. The monoisotopic (exact) mass is 395 g/mol. The SMILES string of the molecule is C[C@@H]1C[C@@H](C(=O)NCc2cc(Cl)ccc2CN)N(C(=O)[C@H](O)C(C)(C)C)C1. The maximum Gasteiger partial charge on any atom is 0.252 e. The Morgan fingerprint density at radius 2 is 2.04 bits per heavy atom. The minimum atomic E-state index is -1.14. The van der Waals surface area contributed by atoms with Gasteiger partial charge in [0.15, 0.2) is 0 Å². The molecule has 1 saturated heterocycles. The van der Waals surface area contributed by atoms with E-state index in [1.807, 2.05) is 13.0 Å². The molecule has 3 atom stereocenters. The van der Waals surface area contributed by atoms with E-state index in [2.05, 4.69) is 5.32 Å². The van der Waals surface area contributed by atoms with E-state index in [9.17, 15) is 14.7 Å². The zero-order valence-electron chi connectivity index (χ0n) is 16.5. The first-order valence-corrected chi connectivity index (χ1v) is 9.66. The topological polar surface area (TPSA) is 95.7 Å². The summed E-state index contributed by atoms with van der Waals surface area (Å²) >= 11 is 6.04.